The number of aryl methyl sites for hydroxylation is 1. The van der Waals surface area contributed by atoms with Gasteiger partial charge >= 0.3 is 0 Å². The van der Waals surface area contributed by atoms with Crippen LogP contribution in [-0.2, 0) is 17.8 Å². The number of carbonyl (C=O) groups excluding carboxylic acids is 1. The SMILES string of the molecule is CCc1cnccc1CNC(=O)C1[C@H]2CCCC[C@@H]12. The molecule has 0 saturated heterocycles. The fourth-order valence-corrected chi connectivity index (χ4v) is 3.63. The molecule has 0 spiro atoms. The molecule has 2 fully saturated rings. The van der Waals surface area contributed by atoms with Crippen LogP contribution in [0.25, 0.3) is 0 Å². The summed E-state index contributed by atoms with van der Waals surface area (Å²) in [7, 11) is 0. The molecule has 3 heteroatoms. The number of hydrogen-bond donors (Lipinski definition) is 1. The summed E-state index contributed by atoms with van der Waals surface area (Å²) >= 11 is 0. The first-order valence-corrected chi connectivity index (χ1v) is 7.50. The Kier molecular flexibility index (Phi) is 3.54. The average molecular weight is 258 g/mol. The van der Waals surface area contributed by atoms with Crippen molar-refractivity contribution >= 4 is 5.91 Å². The molecule has 19 heavy (non-hydrogen) atoms. The van der Waals surface area contributed by atoms with Gasteiger partial charge in [0.05, 0.1) is 0 Å². The third kappa shape index (κ3) is 2.51. The lowest BCUT2D eigenvalue weighted by Gasteiger charge is -2.08. The van der Waals surface area contributed by atoms with Crippen molar-refractivity contribution in [2.24, 2.45) is 17.8 Å². The molecule has 3 atom stereocenters. The summed E-state index contributed by atoms with van der Waals surface area (Å²) in [5.74, 6) is 1.97. The van der Waals surface area contributed by atoms with E-state index < -0.39 is 0 Å². The zero-order valence-corrected chi connectivity index (χ0v) is 11.6. The van der Waals surface area contributed by atoms with Crippen LogP contribution in [0.3, 0.4) is 0 Å². The largest absolute Gasteiger partial charge is 0.352 e. The van der Waals surface area contributed by atoms with Crippen LogP contribution in [0.15, 0.2) is 18.5 Å². The first kappa shape index (κ1) is 12.6. The number of pyridine rings is 1. The lowest BCUT2D eigenvalue weighted by atomic mass is 10.0. The summed E-state index contributed by atoms with van der Waals surface area (Å²) in [5.41, 5.74) is 2.44. The van der Waals surface area contributed by atoms with Crippen molar-refractivity contribution in [2.75, 3.05) is 0 Å². The van der Waals surface area contributed by atoms with E-state index in [4.69, 9.17) is 0 Å². The van der Waals surface area contributed by atoms with Crippen LogP contribution in [0.1, 0.15) is 43.7 Å². The Balaban J connectivity index is 1.56. The van der Waals surface area contributed by atoms with E-state index in [1.807, 2.05) is 12.3 Å². The molecule has 1 unspecified atom stereocenters. The van der Waals surface area contributed by atoms with Crippen molar-refractivity contribution in [2.45, 2.75) is 45.6 Å². The molecule has 0 radical (unpaired) electrons. The van der Waals surface area contributed by atoms with Gasteiger partial charge in [-0.1, -0.05) is 19.8 Å². The van der Waals surface area contributed by atoms with Crippen molar-refractivity contribution in [3.8, 4) is 0 Å². The van der Waals surface area contributed by atoms with E-state index in [0.717, 1.165) is 6.42 Å². The molecule has 3 nitrogen and oxygen atoms in total. The van der Waals surface area contributed by atoms with Crippen molar-refractivity contribution in [1.29, 1.82) is 0 Å². The van der Waals surface area contributed by atoms with Gasteiger partial charge in [0, 0.05) is 24.9 Å². The summed E-state index contributed by atoms with van der Waals surface area (Å²) < 4.78 is 0. The molecule has 1 N–H and O–H groups in total. The Morgan fingerprint density at radius 3 is 2.74 bits per heavy atom. The molecule has 102 valence electrons. The molecule has 2 saturated carbocycles. The lowest BCUT2D eigenvalue weighted by Crippen LogP contribution is -2.26. The smallest absolute Gasteiger partial charge is 0.223 e. The Labute approximate surface area is 114 Å². The van der Waals surface area contributed by atoms with E-state index >= 15 is 0 Å². The maximum Gasteiger partial charge on any atom is 0.223 e. The summed E-state index contributed by atoms with van der Waals surface area (Å²) in [4.78, 5) is 16.4. The highest BCUT2D eigenvalue weighted by molar-refractivity contribution is 5.82. The van der Waals surface area contributed by atoms with Crippen LogP contribution in [0, 0.1) is 17.8 Å². The van der Waals surface area contributed by atoms with Crippen molar-refractivity contribution in [3.05, 3.63) is 29.6 Å². The second kappa shape index (κ2) is 5.32. The van der Waals surface area contributed by atoms with E-state index in [1.54, 1.807) is 6.20 Å². The van der Waals surface area contributed by atoms with Crippen LogP contribution >= 0.6 is 0 Å². The molecule has 2 aliphatic rings. The average Bonchev–Trinajstić information content (AvgIpc) is 3.19. The number of rotatable bonds is 4. The van der Waals surface area contributed by atoms with Crippen LogP contribution in [-0.4, -0.2) is 10.9 Å². The van der Waals surface area contributed by atoms with E-state index in [0.29, 0.717) is 24.3 Å². The fourth-order valence-electron chi connectivity index (χ4n) is 3.63. The highest BCUT2D eigenvalue weighted by Crippen LogP contribution is 2.55. The van der Waals surface area contributed by atoms with Gasteiger partial charge in [0.15, 0.2) is 0 Å². The molecule has 1 heterocycles. The van der Waals surface area contributed by atoms with Gasteiger partial charge in [-0.25, -0.2) is 0 Å². The number of amides is 1. The van der Waals surface area contributed by atoms with Gasteiger partial charge in [0.1, 0.15) is 0 Å². The van der Waals surface area contributed by atoms with Gasteiger partial charge < -0.3 is 5.32 Å². The maximum atomic E-state index is 12.2. The quantitative estimate of drug-likeness (QED) is 0.902. The number of nitrogens with zero attached hydrogens (tertiary/aromatic N) is 1. The topological polar surface area (TPSA) is 42.0 Å². The second-order valence-electron chi connectivity index (χ2n) is 5.85. The zero-order valence-electron chi connectivity index (χ0n) is 11.6. The highest BCUT2D eigenvalue weighted by atomic mass is 16.2. The first-order chi connectivity index (χ1) is 9.31. The number of aromatic nitrogens is 1. The predicted molar refractivity (Wildman–Crippen MR) is 74.4 cm³/mol. The van der Waals surface area contributed by atoms with E-state index in [1.165, 1.54) is 36.8 Å². The Bertz CT molecular complexity index is 460. The van der Waals surface area contributed by atoms with Gasteiger partial charge in [-0.3, -0.25) is 9.78 Å². The zero-order chi connectivity index (χ0) is 13.2. The Morgan fingerprint density at radius 2 is 2.05 bits per heavy atom. The molecular weight excluding hydrogens is 236 g/mol. The standard InChI is InChI=1S/C16H22N2O/c1-2-11-9-17-8-7-12(11)10-18-16(19)15-13-5-3-4-6-14(13)15/h7-9,13-15H,2-6,10H2,1H3,(H,18,19)/t13-,14+,15?. The number of nitrogens with one attached hydrogen (secondary N) is 1. The van der Waals surface area contributed by atoms with Gasteiger partial charge in [0.2, 0.25) is 5.91 Å². The molecule has 0 bridgehead atoms. The lowest BCUT2D eigenvalue weighted by molar-refractivity contribution is -0.123. The third-order valence-corrected chi connectivity index (χ3v) is 4.80. The van der Waals surface area contributed by atoms with Crippen LogP contribution in [0.2, 0.25) is 0 Å². The minimum Gasteiger partial charge on any atom is -0.352 e. The van der Waals surface area contributed by atoms with Gasteiger partial charge in [-0.15, -0.1) is 0 Å². The van der Waals surface area contributed by atoms with Crippen molar-refractivity contribution in [3.63, 3.8) is 0 Å². The summed E-state index contributed by atoms with van der Waals surface area (Å²) in [6.45, 7) is 2.78. The first-order valence-electron chi connectivity index (χ1n) is 7.50. The molecule has 0 aliphatic heterocycles. The normalized spacial score (nSPS) is 28.6. The fraction of sp³-hybridized carbons (Fsp3) is 0.625. The highest BCUT2D eigenvalue weighted by Gasteiger charge is 2.54. The minimum atomic E-state index is 0.274. The predicted octanol–water partition coefficient (Wildman–Crippen LogP) is 2.70. The number of fused-ring (bicyclic) bond motifs is 1. The third-order valence-electron chi connectivity index (χ3n) is 4.80. The Hall–Kier alpha value is -1.38. The molecule has 1 aromatic heterocycles. The van der Waals surface area contributed by atoms with Crippen molar-refractivity contribution in [1.82, 2.24) is 10.3 Å². The number of carbonyl (C=O) groups is 1. The summed E-state index contributed by atoms with van der Waals surface area (Å²) in [6, 6.07) is 2.01. The minimum absolute atomic E-state index is 0.274. The number of hydrogen-bond acceptors (Lipinski definition) is 2. The van der Waals surface area contributed by atoms with E-state index in [-0.39, 0.29) is 5.91 Å². The van der Waals surface area contributed by atoms with Crippen LogP contribution in [0.5, 0.6) is 0 Å². The molecular formula is C16H22N2O. The molecule has 0 aromatic carbocycles. The van der Waals surface area contributed by atoms with Crippen molar-refractivity contribution < 1.29 is 4.79 Å². The maximum absolute atomic E-state index is 12.2. The Morgan fingerprint density at radius 1 is 1.32 bits per heavy atom. The van der Waals surface area contributed by atoms with Gasteiger partial charge in [0.25, 0.3) is 0 Å². The molecule has 3 rings (SSSR count). The summed E-state index contributed by atoms with van der Waals surface area (Å²) in [5, 5.41) is 3.13. The van der Waals surface area contributed by atoms with E-state index in [9.17, 15) is 4.79 Å². The second-order valence-corrected chi connectivity index (χ2v) is 5.85. The van der Waals surface area contributed by atoms with Gasteiger partial charge in [-0.05, 0) is 48.3 Å². The molecule has 1 amide bonds. The van der Waals surface area contributed by atoms with Gasteiger partial charge in [-0.2, -0.15) is 0 Å². The van der Waals surface area contributed by atoms with E-state index in [2.05, 4.69) is 17.2 Å². The molecule has 1 aromatic rings. The monoisotopic (exact) mass is 258 g/mol. The van der Waals surface area contributed by atoms with Crippen LogP contribution in [0.4, 0.5) is 0 Å². The molecule has 2 aliphatic carbocycles. The van der Waals surface area contributed by atoms with Crippen LogP contribution < -0.4 is 5.32 Å². The summed E-state index contributed by atoms with van der Waals surface area (Å²) in [6.07, 6.45) is 9.82.